The van der Waals surface area contributed by atoms with E-state index >= 15 is 0 Å². The molecule has 1 aromatic carbocycles. The van der Waals surface area contributed by atoms with Gasteiger partial charge in [0.15, 0.2) is 0 Å². The summed E-state index contributed by atoms with van der Waals surface area (Å²) < 4.78 is 14.8. The quantitative estimate of drug-likeness (QED) is 0.794. The van der Waals surface area contributed by atoms with Gasteiger partial charge in [-0.3, -0.25) is 14.5 Å². The molecule has 3 saturated heterocycles. The zero-order valence-corrected chi connectivity index (χ0v) is 15.5. The maximum atomic E-state index is 13.1. The highest BCUT2D eigenvalue weighted by Crippen LogP contribution is 2.29. The first-order chi connectivity index (χ1) is 13.6. The first-order valence-corrected chi connectivity index (χ1v) is 9.73. The zero-order valence-electron chi connectivity index (χ0n) is 15.5. The van der Waals surface area contributed by atoms with Crippen LogP contribution in [0.2, 0.25) is 0 Å². The summed E-state index contributed by atoms with van der Waals surface area (Å²) >= 11 is 0. The second kappa shape index (κ2) is 6.70. The third-order valence-corrected chi connectivity index (χ3v) is 5.99. The highest BCUT2D eigenvalue weighted by Gasteiger charge is 2.49. The number of hydrogen-bond acceptors (Lipinski definition) is 4. The SMILES string of the molecule is O=C1[C@H]2CN(Cc3cnn(-c4ccc(F)cc4)c3)CCN2C(=O)[C@H]2CCCN12. The maximum absolute atomic E-state index is 13.1. The molecular weight excluding hydrogens is 361 g/mol. The predicted octanol–water partition coefficient (Wildman–Crippen LogP) is 1.03. The van der Waals surface area contributed by atoms with Crippen molar-refractivity contribution in [3.8, 4) is 5.69 Å². The Morgan fingerprint density at radius 3 is 2.57 bits per heavy atom. The van der Waals surface area contributed by atoms with E-state index in [1.165, 1.54) is 12.1 Å². The average molecular weight is 383 g/mol. The first-order valence-electron chi connectivity index (χ1n) is 9.73. The van der Waals surface area contributed by atoms with E-state index in [1.54, 1.807) is 32.8 Å². The van der Waals surface area contributed by atoms with Crippen molar-refractivity contribution in [2.24, 2.45) is 0 Å². The van der Waals surface area contributed by atoms with Crippen LogP contribution in [0.1, 0.15) is 18.4 Å². The van der Waals surface area contributed by atoms with Gasteiger partial charge in [-0.05, 0) is 37.1 Å². The number of halogens is 1. The fourth-order valence-corrected chi connectivity index (χ4v) is 4.56. The maximum Gasteiger partial charge on any atom is 0.247 e. The molecule has 7 nitrogen and oxygen atoms in total. The number of benzene rings is 1. The van der Waals surface area contributed by atoms with Gasteiger partial charge in [0.25, 0.3) is 0 Å². The molecule has 4 heterocycles. The van der Waals surface area contributed by atoms with E-state index < -0.39 is 0 Å². The van der Waals surface area contributed by atoms with Crippen molar-refractivity contribution in [1.82, 2.24) is 24.5 Å². The standard InChI is InChI=1S/C20H22FN5O2/c21-15-3-5-16(6-4-15)26-12-14(10-22-26)11-23-8-9-25-18(13-23)20(28)24-7-1-2-17(24)19(25)27/h3-6,10,12,17-18H,1-2,7-9,11,13H2/t17-,18-/m1/s1. The number of carbonyl (C=O) groups excluding carboxylic acids is 2. The lowest BCUT2D eigenvalue weighted by Crippen LogP contribution is -2.68. The van der Waals surface area contributed by atoms with Gasteiger partial charge in [-0.2, -0.15) is 5.10 Å². The average Bonchev–Trinajstić information content (AvgIpc) is 3.37. The van der Waals surface area contributed by atoms with E-state index in [0.29, 0.717) is 26.2 Å². The molecule has 0 bridgehead atoms. The summed E-state index contributed by atoms with van der Waals surface area (Å²) in [5, 5.41) is 4.36. The number of hydrogen-bond donors (Lipinski definition) is 0. The molecular formula is C20H22FN5O2. The molecule has 0 unspecified atom stereocenters. The number of nitrogens with zero attached hydrogens (tertiary/aromatic N) is 5. The highest BCUT2D eigenvalue weighted by molar-refractivity contribution is 5.97. The van der Waals surface area contributed by atoms with Crippen molar-refractivity contribution in [1.29, 1.82) is 0 Å². The molecule has 146 valence electrons. The summed E-state index contributed by atoms with van der Waals surface area (Å²) in [6.45, 7) is 3.24. The second-order valence-electron chi connectivity index (χ2n) is 7.74. The molecule has 0 spiro atoms. The van der Waals surface area contributed by atoms with Gasteiger partial charge >= 0.3 is 0 Å². The minimum atomic E-state index is -0.372. The third kappa shape index (κ3) is 2.88. The largest absolute Gasteiger partial charge is 0.329 e. The number of rotatable bonds is 3. The molecule has 2 atom stereocenters. The lowest BCUT2D eigenvalue weighted by Gasteiger charge is -2.47. The number of fused-ring (bicyclic) bond motifs is 2. The highest BCUT2D eigenvalue weighted by atomic mass is 19.1. The van der Waals surface area contributed by atoms with E-state index in [2.05, 4.69) is 10.00 Å². The molecule has 2 aromatic rings. The topological polar surface area (TPSA) is 61.7 Å². The number of aromatic nitrogens is 2. The van der Waals surface area contributed by atoms with Crippen molar-refractivity contribution in [3.63, 3.8) is 0 Å². The molecule has 3 aliphatic heterocycles. The second-order valence-corrected chi connectivity index (χ2v) is 7.74. The Balaban J connectivity index is 1.28. The lowest BCUT2D eigenvalue weighted by atomic mass is 10.0. The minimum absolute atomic E-state index is 0.0915. The van der Waals surface area contributed by atoms with Crippen molar-refractivity contribution < 1.29 is 14.0 Å². The number of carbonyl (C=O) groups is 2. The van der Waals surface area contributed by atoms with Crippen LogP contribution < -0.4 is 0 Å². The Kier molecular flexibility index (Phi) is 4.16. The van der Waals surface area contributed by atoms with Gasteiger partial charge in [0.05, 0.1) is 11.9 Å². The molecule has 0 radical (unpaired) electrons. The fourth-order valence-electron chi connectivity index (χ4n) is 4.56. The number of amides is 2. The van der Waals surface area contributed by atoms with Crippen molar-refractivity contribution in [2.75, 3.05) is 26.2 Å². The van der Waals surface area contributed by atoms with Crippen LogP contribution in [0.15, 0.2) is 36.7 Å². The predicted molar refractivity (Wildman–Crippen MR) is 99.0 cm³/mol. The van der Waals surface area contributed by atoms with Crippen LogP contribution in [-0.4, -0.2) is 74.6 Å². The van der Waals surface area contributed by atoms with Crippen molar-refractivity contribution in [3.05, 3.63) is 48.0 Å². The van der Waals surface area contributed by atoms with Crippen molar-refractivity contribution >= 4 is 11.8 Å². The Hall–Kier alpha value is -2.74. The van der Waals surface area contributed by atoms with Crippen LogP contribution in [0.5, 0.6) is 0 Å². The number of piperazine rings is 2. The molecule has 3 fully saturated rings. The summed E-state index contributed by atoms with van der Waals surface area (Å²) in [6.07, 6.45) is 5.42. The van der Waals surface area contributed by atoms with Gasteiger partial charge in [-0.25, -0.2) is 9.07 Å². The van der Waals surface area contributed by atoms with Gasteiger partial charge in [0.1, 0.15) is 17.9 Å². The van der Waals surface area contributed by atoms with Crippen LogP contribution in [0.25, 0.3) is 5.69 Å². The van der Waals surface area contributed by atoms with Gasteiger partial charge in [0.2, 0.25) is 11.8 Å². The monoisotopic (exact) mass is 383 g/mol. The van der Waals surface area contributed by atoms with Crippen LogP contribution >= 0.6 is 0 Å². The summed E-state index contributed by atoms with van der Waals surface area (Å²) in [6, 6.07) is 5.58. The Morgan fingerprint density at radius 1 is 1.00 bits per heavy atom. The fraction of sp³-hybridized carbons (Fsp3) is 0.450. The van der Waals surface area contributed by atoms with Gasteiger partial charge < -0.3 is 9.80 Å². The van der Waals surface area contributed by atoms with Gasteiger partial charge in [0, 0.05) is 44.5 Å². The summed E-state index contributed by atoms with van der Waals surface area (Å²) in [5.41, 5.74) is 1.82. The van der Waals surface area contributed by atoms with Crippen LogP contribution in [-0.2, 0) is 16.1 Å². The van der Waals surface area contributed by atoms with E-state index in [9.17, 15) is 14.0 Å². The van der Waals surface area contributed by atoms with Gasteiger partial charge in [-0.15, -0.1) is 0 Å². The molecule has 0 N–H and O–H groups in total. The summed E-state index contributed by atoms with van der Waals surface area (Å²) in [7, 11) is 0. The Labute approximate surface area is 162 Å². The lowest BCUT2D eigenvalue weighted by molar-refractivity contribution is -0.163. The molecule has 3 aliphatic rings. The molecule has 2 amide bonds. The Bertz CT molecular complexity index is 912. The zero-order chi connectivity index (χ0) is 19.3. The molecule has 0 saturated carbocycles. The Morgan fingerprint density at radius 2 is 1.75 bits per heavy atom. The smallest absolute Gasteiger partial charge is 0.247 e. The van der Waals surface area contributed by atoms with E-state index in [0.717, 1.165) is 30.6 Å². The summed E-state index contributed by atoms with van der Waals surface area (Å²) in [4.78, 5) is 31.3. The molecule has 0 aliphatic carbocycles. The summed E-state index contributed by atoms with van der Waals surface area (Å²) in [5.74, 6) is -0.0689. The van der Waals surface area contributed by atoms with Crippen molar-refractivity contribution in [2.45, 2.75) is 31.5 Å². The van der Waals surface area contributed by atoms with Gasteiger partial charge in [-0.1, -0.05) is 0 Å². The molecule has 5 rings (SSSR count). The molecule has 28 heavy (non-hydrogen) atoms. The molecule has 1 aromatic heterocycles. The van der Waals surface area contributed by atoms with E-state index in [-0.39, 0.29) is 29.7 Å². The minimum Gasteiger partial charge on any atom is -0.329 e. The molecule has 8 heteroatoms. The van der Waals surface area contributed by atoms with E-state index in [4.69, 9.17) is 0 Å². The normalized spacial score (nSPS) is 25.2. The van der Waals surface area contributed by atoms with Crippen LogP contribution in [0.4, 0.5) is 4.39 Å². The van der Waals surface area contributed by atoms with E-state index in [1.807, 2.05) is 6.20 Å². The van der Waals surface area contributed by atoms with Crippen LogP contribution in [0, 0.1) is 5.82 Å². The third-order valence-electron chi connectivity index (χ3n) is 5.99. The van der Waals surface area contributed by atoms with Crippen LogP contribution in [0.3, 0.4) is 0 Å². The first kappa shape index (κ1) is 17.4.